The molecule has 1 atom stereocenters. The first-order valence-corrected chi connectivity index (χ1v) is 7.54. The van der Waals surface area contributed by atoms with Crippen molar-refractivity contribution in [3.63, 3.8) is 0 Å². The van der Waals surface area contributed by atoms with E-state index in [1.807, 2.05) is 0 Å². The molecule has 0 aliphatic carbocycles. The molecular formula is C15H15N3O4S. The molecule has 1 unspecified atom stereocenters. The summed E-state index contributed by atoms with van der Waals surface area (Å²) in [4.78, 5) is 36.1. The summed E-state index contributed by atoms with van der Waals surface area (Å²) in [7, 11) is 1.61. The molecule has 120 valence electrons. The number of nitro benzene ring substituents is 1. The van der Waals surface area contributed by atoms with Crippen LogP contribution in [0.5, 0.6) is 0 Å². The van der Waals surface area contributed by atoms with E-state index in [0.717, 1.165) is 11.3 Å². The van der Waals surface area contributed by atoms with Gasteiger partial charge in [-0.05, 0) is 24.6 Å². The fourth-order valence-corrected chi connectivity index (χ4v) is 2.90. The van der Waals surface area contributed by atoms with Crippen LogP contribution in [0.3, 0.4) is 0 Å². The molecule has 23 heavy (non-hydrogen) atoms. The minimum Gasteiger partial charge on any atom is -0.365 e. The number of nitro groups is 1. The van der Waals surface area contributed by atoms with E-state index >= 15 is 0 Å². The third kappa shape index (κ3) is 3.54. The number of hydrogen-bond acceptors (Lipinski definition) is 5. The second-order valence-electron chi connectivity index (χ2n) is 4.97. The largest absolute Gasteiger partial charge is 0.365 e. The number of rotatable bonds is 5. The van der Waals surface area contributed by atoms with E-state index in [9.17, 15) is 19.7 Å². The molecule has 0 spiro atoms. The van der Waals surface area contributed by atoms with E-state index < -0.39 is 10.8 Å². The number of thiophene rings is 1. The highest BCUT2D eigenvalue weighted by atomic mass is 32.1. The SMILES string of the molecule is CC(c1cccc([N+](=O)[O-])c1)N(C)C(=O)c1ccc(C(N)=O)s1. The molecule has 2 amide bonds. The van der Waals surface area contributed by atoms with Crippen LogP contribution in [-0.2, 0) is 0 Å². The minimum atomic E-state index is -0.580. The zero-order chi connectivity index (χ0) is 17.1. The van der Waals surface area contributed by atoms with E-state index in [1.165, 1.54) is 23.1 Å². The second kappa shape index (κ2) is 6.57. The van der Waals surface area contributed by atoms with Gasteiger partial charge in [0.1, 0.15) is 0 Å². The van der Waals surface area contributed by atoms with Crippen LogP contribution >= 0.6 is 11.3 Å². The molecule has 1 aromatic carbocycles. The number of hydrogen-bond donors (Lipinski definition) is 1. The Kier molecular flexibility index (Phi) is 4.75. The highest BCUT2D eigenvalue weighted by Gasteiger charge is 2.22. The Labute approximate surface area is 136 Å². The molecular weight excluding hydrogens is 318 g/mol. The van der Waals surface area contributed by atoms with Gasteiger partial charge in [-0.1, -0.05) is 12.1 Å². The lowest BCUT2D eigenvalue weighted by Crippen LogP contribution is -2.29. The molecule has 0 radical (unpaired) electrons. The lowest BCUT2D eigenvalue weighted by atomic mass is 10.1. The Morgan fingerprint density at radius 3 is 2.48 bits per heavy atom. The summed E-state index contributed by atoms with van der Waals surface area (Å²) in [5.74, 6) is -0.857. The van der Waals surface area contributed by atoms with E-state index in [-0.39, 0.29) is 17.6 Å². The van der Waals surface area contributed by atoms with E-state index in [1.54, 1.807) is 32.2 Å². The van der Waals surface area contributed by atoms with Crippen molar-refractivity contribution in [2.75, 3.05) is 7.05 Å². The summed E-state index contributed by atoms with van der Waals surface area (Å²) in [6, 6.07) is 8.84. The molecule has 2 aromatic rings. The van der Waals surface area contributed by atoms with Gasteiger partial charge in [0.15, 0.2) is 0 Å². The van der Waals surface area contributed by atoms with Crippen LogP contribution in [0.2, 0.25) is 0 Å². The average Bonchev–Trinajstić information content (AvgIpc) is 3.03. The summed E-state index contributed by atoms with van der Waals surface area (Å²) in [5.41, 5.74) is 5.81. The quantitative estimate of drug-likeness (QED) is 0.670. The summed E-state index contributed by atoms with van der Waals surface area (Å²) >= 11 is 1.02. The fourth-order valence-electron chi connectivity index (χ4n) is 2.06. The molecule has 1 aromatic heterocycles. The van der Waals surface area contributed by atoms with Crippen molar-refractivity contribution in [1.29, 1.82) is 0 Å². The first kappa shape index (κ1) is 16.6. The summed E-state index contributed by atoms with van der Waals surface area (Å²) in [6.45, 7) is 1.78. The Morgan fingerprint density at radius 2 is 1.91 bits per heavy atom. The van der Waals surface area contributed by atoms with Crippen LogP contribution in [0.25, 0.3) is 0 Å². The summed E-state index contributed by atoms with van der Waals surface area (Å²) in [5, 5.41) is 10.9. The molecule has 0 saturated carbocycles. The number of benzene rings is 1. The van der Waals surface area contributed by atoms with Crippen LogP contribution < -0.4 is 5.73 Å². The highest BCUT2D eigenvalue weighted by molar-refractivity contribution is 7.15. The Hall–Kier alpha value is -2.74. The number of carbonyl (C=O) groups excluding carboxylic acids is 2. The summed E-state index contributed by atoms with van der Waals surface area (Å²) < 4.78 is 0. The van der Waals surface area contributed by atoms with Gasteiger partial charge in [-0.15, -0.1) is 11.3 Å². The topological polar surface area (TPSA) is 107 Å². The van der Waals surface area contributed by atoms with E-state index in [4.69, 9.17) is 5.73 Å². The first-order valence-electron chi connectivity index (χ1n) is 6.72. The zero-order valence-corrected chi connectivity index (χ0v) is 13.4. The van der Waals surface area contributed by atoms with Gasteiger partial charge in [0, 0.05) is 19.2 Å². The van der Waals surface area contributed by atoms with Gasteiger partial charge in [-0.2, -0.15) is 0 Å². The molecule has 0 saturated heterocycles. The lowest BCUT2D eigenvalue weighted by Gasteiger charge is -2.24. The van der Waals surface area contributed by atoms with Gasteiger partial charge in [0.05, 0.1) is 20.7 Å². The Bertz CT molecular complexity index is 772. The van der Waals surface area contributed by atoms with Crippen molar-refractivity contribution in [1.82, 2.24) is 4.90 Å². The predicted molar refractivity (Wildman–Crippen MR) is 86.4 cm³/mol. The van der Waals surface area contributed by atoms with Crippen molar-refractivity contribution in [2.24, 2.45) is 5.73 Å². The Balaban J connectivity index is 2.22. The highest BCUT2D eigenvalue weighted by Crippen LogP contribution is 2.26. The van der Waals surface area contributed by atoms with Crippen LogP contribution in [0.1, 0.15) is 37.9 Å². The normalized spacial score (nSPS) is 11.7. The zero-order valence-electron chi connectivity index (χ0n) is 12.6. The number of amides is 2. The standard InChI is InChI=1S/C15H15N3O4S/c1-9(10-4-3-5-11(8-10)18(21)22)17(2)15(20)13-7-6-12(23-13)14(16)19/h3-9H,1-2H3,(H2,16,19). The number of non-ortho nitro benzene ring substituents is 1. The third-order valence-corrected chi connectivity index (χ3v) is 4.61. The fraction of sp³-hybridized carbons (Fsp3) is 0.200. The molecule has 1 heterocycles. The second-order valence-corrected chi connectivity index (χ2v) is 6.06. The molecule has 2 rings (SSSR count). The maximum absolute atomic E-state index is 12.5. The van der Waals surface area contributed by atoms with Gasteiger partial charge in [-0.25, -0.2) is 0 Å². The minimum absolute atomic E-state index is 0.0256. The van der Waals surface area contributed by atoms with Crippen LogP contribution in [0.15, 0.2) is 36.4 Å². The maximum atomic E-state index is 12.5. The number of nitrogens with zero attached hydrogens (tertiary/aromatic N) is 2. The number of primary amides is 1. The van der Waals surface area contributed by atoms with Crippen molar-refractivity contribution >= 4 is 28.8 Å². The van der Waals surface area contributed by atoms with Crippen LogP contribution in [0, 0.1) is 10.1 Å². The van der Waals surface area contributed by atoms with E-state index in [0.29, 0.717) is 15.3 Å². The average molecular weight is 333 g/mol. The van der Waals surface area contributed by atoms with Crippen LogP contribution in [-0.4, -0.2) is 28.7 Å². The molecule has 0 aliphatic rings. The van der Waals surface area contributed by atoms with Crippen molar-refractivity contribution < 1.29 is 14.5 Å². The molecule has 0 aliphatic heterocycles. The molecule has 0 fully saturated rings. The maximum Gasteiger partial charge on any atom is 0.269 e. The van der Waals surface area contributed by atoms with Crippen molar-refractivity contribution in [3.05, 3.63) is 61.8 Å². The molecule has 7 nitrogen and oxygen atoms in total. The lowest BCUT2D eigenvalue weighted by molar-refractivity contribution is -0.384. The van der Waals surface area contributed by atoms with E-state index in [2.05, 4.69) is 0 Å². The molecule has 0 bridgehead atoms. The van der Waals surface area contributed by atoms with Crippen molar-refractivity contribution in [3.8, 4) is 0 Å². The smallest absolute Gasteiger partial charge is 0.269 e. The van der Waals surface area contributed by atoms with Crippen LogP contribution in [0.4, 0.5) is 5.69 Å². The van der Waals surface area contributed by atoms with Gasteiger partial charge >= 0.3 is 0 Å². The predicted octanol–water partition coefficient (Wildman–Crippen LogP) is 2.59. The van der Waals surface area contributed by atoms with Gasteiger partial charge in [-0.3, -0.25) is 19.7 Å². The van der Waals surface area contributed by atoms with Gasteiger partial charge in [0.2, 0.25) is 0 Å². The van der Waals surface area contributed by atoms with Gasteiger partial charge in [0.25, 0.3) is 17.5 Å². The molecule has 8 heteroatoms. The monoisotopic (exact) mass is 333 g/mol. The summed E-state index contributed by atoms with van der Waals surface area (Å²) in [6.07, 6.45) is 0. The number of carbonyl (C=O) groups is 2. The molecule has 2 N–H and O–H groups in total. The Morgan fingerprint density at radius 1 is 1.26 bits per heavy atom. The third-order valence-electron chi connectivity index (χ3n) is 3.52. The first-order chi connectivity index (χ1) is 10.8. The number of nitrogens with two attached hydrogens (primary N) is 1. The van der Waals surface area contributed by atoms with Crippen molar-refractivity contribution in [2.45, 2.75) is 13.0 Å². The van der Waals surface area contributed by atoms with Gasteiger partial charge < -0.3 is 10.6 Å².